The predicted molar refractivity (Wildman–Crippen MR) is 65.6 cm³/mol. The molecule has 16 heavy (non-hydrogen) atoms. The van der Waals surface area contributed by atoms with E-state index in [1.54, 1.807) is 0 Å². The van der Waals surface area contributed by atoms with Crippen molar-refractivity contribution in [1.29, 1.82) is 0 Å². The molecule has 0 amide bonds. The van der Waals surface area contributed by atoms with Gasteiger partial charge in [0.25, 0.3) is 0 Å². The fraction of sp³-hybridized carbons (Fsp3) is 0.333. The first-order valence-corrected chi connectivity index (χ1v) is 5.40. The summed E-state index contributed by atoms with van der Waals surface area (Å²) < 4.78 is 1.84. The van der Waals surface area contributed by atoms with Crippen molar-refractivity contribution >= 4 is 11.6 Å². The molecular weight excluding hydrogens is 200 g/mol. The highest BCUT2D eigenvalue weighted by Gasteiger charge is 2.06. The van der Waals surface area contributed by atoms with Crippen LogP contribution in [0.3, 0.4) is 0 Å². The van der Waals surface area contributed by atoms with Crippen molar-refractivity contribution < 1.29 is 0 Å². The van der Waals surface area contributed by atoms with Crippen LogP contribution in [0.25, 0.3) is 5.65 Å². The Labute approximate surface area is 95.0 Å². The smallest absolute Gasteiger partial charge is 0.243 e. The van der Waals surface area contributed by atoms with Gasteiger partial charge in [-0.15, -0.1) is 11.7 Å². The lowest BCUT2D eigenvalue weighted by atomic mass is 10.2. The summed E-state index contributed by atoms with van der Waals surface area (Å²) in [7, 11) is 0. The molecule has 0 aliphatic heterocycles. The number of aryl methyl sites for hydroxylation is 1. The number of hydrogen-bond donors (Lipinski definition) is 1. The van der Waals surface area contributed by atoms with E-state index in [-0.39, 0.29) is 0 Å². The average molecular weight is 216 g/mol. The first-order valence-electron chi connectivity index (χ1n) is 5.40. The van der Waals surface area contributed by atoms with Gasteiger partial charge in [0.2, 0.25) is 5.95 Å². The Kier molecular flexibility index (Phi) is 2.90. The van der Waals surface area contributed by atoms with Gasteiger partial charge in [-0.05, 0) is 32.4 Å². The molecule has 84 valence electrons. The zero-order valence-corrected chi connectivity index (χ0v) is 9.64. The van der Waals surface area contributed by atoms with Crippen LogP contribution in [0, 0.1) is 6.92 Å². The molecule has 0 spiro atoms. The molecule has 0 aliphatic carbocycles. The summed E-state index contributed by atoms with van der Waals surface area (Å²) in [6, 6.07) is 6.24. The van der Waals surface area contributed by atoms with Gasteiger partial charge in [0.1, 0.15) is 0 Å². The van der Waals surface area contributed by atoms with Crippen molar-refractivity contribution in [3.63, 3.8) is 0 Å². The molecule has 1 unspecified atom stereocenters. The Balaban J connectivity index is 2.26. The maximum Gasteiger partial charge on any atom is 0.243 e. The van der Waals surface area contributed by atoms with E-state index in [9.17, 15) is 0 Å². The lowest BCUT2D eigenvalue weighted by Crippen LogP contribution is -2.14. The molecular formula is C12H16N4. The Bertz CT molecular complexity index is 501. The van der Waals surface area contributed by atoms with Crippen molar-refractivity contribution in [3.8, 4) is 0 Å². The number of rotatable bonds is 4. The molecule has 0 aliphatic rings. The van der Waals surface area contributed by atoms with E-state index in [1.165, 1.54) is 0 Å². The monoisotopic (exact) mass is 216 g/mol. The third-order valence-electron chi connectivity index (χ3n) is 2.44. The Morgan fingerprint density at radius 1 is 1.56 bits per heavy atom. The number of nitrogens with one attached hydrogen (secondary N) is 1. The van der Waals surface area contributed by atoms with E-state index in [4.69, 9.17) is 0 Å². The number of hydrogen-bond acceptors (Lipinski definition) is 3. The van der Waals surface area contributed by atoms with Crippen LogP contribution in [0.4, 0.5) is 5.95 Å². The zero-order chi connectivity index (χ0) is 11.5. The van der Waals surface area contributed by atoms with Crippen LogP contribution in [-0.2, 0) is 0 Å². The van der Waals surface area contributed by atoms with Gasteiger partial charge in [-0.2, -0.15) is 4.98 Å². The second-order valence-corrected chi connectivity index (χ2v) is 3.94. The number of pyridine rings is 1. The van der Waals surface area contributed by atoms with Gasteiger partial charge in [-0.3, -0.25) is 0 Å². The summed E-state index contributed by atoms with van der Waals surface area (Å²) in [5.74, 6) is 0.670. The first-order chi connectivity index (χ1) is 7.70. The van der Waals surface area contributed by atoms with Crippen molar-refractivity contribution in [2.45, 2.75) is 26.3 Å². The zero-order valence-electron chi connectivity index (χ0n) is 9.64. The van der Waals surface area contributed by atoms with E-state index < -0.39 is 0 Å². The summed E-state index contributed by atoms with van der Waals surface area (Å²) in [4.78, 5) is 4.40. The molecule has 0 saturated carbocycles. The van der Waals surface area contributed by atoms with Gasteiger partial charge in [-0.25, -0.2) is 4.52 Å². The van der Waals surface area contributed by atoms with Crippen molar-refractivity contribution in [3.05, 3.63) is 36.5 Å². The molecule has 2 rings (SSSR count). The van der Waals surface area contributed by atoms with Gasteiger partial charge in [-0.1, -0.05) is 12.1 Å². The van der Waals surface area contributed by atoms with Crippen LogP contribution < -0.4 is 5.32 Å². The SMILES string of the molecule is C=CCC(C)Nc1nc2cccc(C)n2n1. The molecule has 1 atom stereocenters. The third kappa shape index (κ3) is 2.05. The molecule has 0 fully saturated rings. The van der Waals surface area contributed by atoms with Crippen LogP contribution in [0.1, 0.15) is 19.0 Å². The highest BCUT2D eigenvalue weighted by molar-refractivity contribution is 5.44. The maximum absolute atomic E-state index is 4.40. The molecule has 2 aromatic heterocycles. The lowest BCUT2D eigenvalue weighted by Gasteiger charge is -2.08. The number of fused-ring (bicyclic) bond motifs is 1. The summed E-state index contributed by atoms with van der Waals surface area (Å²) >= 11 is 0. The summed E-state index contributed by atoms with van der Waals surface area (Å²) in [6.45, 7) is 7.81. The average Bonchev–Trinajstić information content (AvgIpc) is 2.62. The quantitative estimate of drug-likeness (QED) is 0.798. The van der Waals surface area contributed by atoms with Crippen molar-refractivity contribution in [2.75, 3.05) is 5.32 Å². The number of nitrogens with zero attached hydrogens (tertiary/aromatic N) is 3. The summed E-state index contributed by atoms with van der Waals surface area (Å²) in [5.41, 5.74) is 1.95. The minimum atomic E-state index is 0.301. The molecule has 4 heteroatoms. The van der Waals surface area contributed by atoms with E-state index in [1.807, 2.05) is 35.7 Å². The molecule has 0 bridgehead atoms. The molecule has 0 saturated heterocycles. The van der Waals surface area contributed by atoms with E-state index >= 15 is 0 Å². The van der Waals surface area contributed by atoms with Gasteiger partial charge in [0.15, 0.2) is 5.65 Å². The van der Waals surface area contributed by atoms with Crippen molar-refractivity contribution in [2.24, 2.45) is 0 Å². The van der Waals surface area contributed by atoms with Crippen LogP contribution >= 0.6 is 0 Å². The fourth-order valence-corrected chi connectivity index (χ4v) is 1.63. The molecule has 4 nitrogen and oxygen atoms in total. The van der Waals surface area contributed by atoms with Gasteiger partial charge in [0, 0.05) is 11.7 Å². The number of anilines is 1. The summed E-state index contributed by atoms with van der Waals surface area (Å²) in [5, 5.41) is 7.64. The predicted octanol–water partition coefficient (Wildman–Crippen LogP) is 2.41. The second-order valence-electron chi connectivity index (χ2n) is 3.94. The normalized spacial score (nSPS) is 12.6. The second kappa shape index (κ2) is 4.35. The number of aromatic nitrogens is 3. The highest BCUT2D eigenvalue weighted by Crippen LogP contribution is 2.09. The first kappa shape index (κ1) is 10.7. The maximum atomic E-state index is 4.40. The fourth-order valence-electron chi connectivity index (χ4n) is 1.63. The van der Waals surface area contributed by atoms with Crippen LogP contribution in [0.5, 0.6) is 0 Å². The van der Waals surface area contributed by atoms with Crippen molar-refractivity contribution in [1.82, 2.24) is 14.6 Å². The molecule has 1 N–H and O–H groups in total. The third-order valence-corrected chi connectivity index (χ3v) is 2.44. The molecule has 2 heterocycles. The Morgan fingerprint density at radius 3 is 3.06 bits per heavy atom. The van der Waals surface area contributed by atoms with E-state index in [0.29, 0.717) is 12.0 Å². The Morgan fingerprint density at radius 2 is 2.38 bits per heavy atom. The van der Waals surface area contributed by atoms with Crippen LogP contribution in [0.15, 0.2) is 30.9 Å². The molecule has 2 aromatic rings. The Hall–Kier alpha value is -1.84. The van der Waals surface area contributed by atoms with Crippen LogP contribution in [0.2, 0.25) is 0 Å². The van der Waals surface area contributed by atoms with Gasteiger partial charge in [0.05, 0.1) is 0 Å². The summed E-state index contributed by atoms with van der Waals surface area (Å²) in [6.07, 6.45) is 2.78. The topological polar surface area (TPSA) is 42.2 Å². The molecule has 0 radical (unpaired) electrons. The van der Waals surface area contributed by atoms with Crippen LogP contribution in [-0.4, -0.2) is 20.6 Å². The largest absolute Gasteiger partial charge is 0.350 e. The molecule has 0 aromatic carbocycles. The van der Waals surface area contributed by atoms with Gasteiger partial charge >= 0.3 is 0 Å². The standard InChI is InChI=1S/C12H16N4/c1-4-6-9(2)13-12-14-11-8-5-7-10(3)16(11)15-12/h4-5,7-9H,1,6H2,2-3H3,(H,13,15). The van der Waals surface area contributed by atoms with E-state index in [2.05, 4.69) is 28.9 Å². The van der Waals surface area contributed by atoms with E-state index in [0.717, 1.165) is 17.8 Å². The minimum absolute atomic E-state index is 0.301. The van der Waals surface area contributed by atoms with Gasteiger partial charge < -0.3 is 5.32 Å². The highest BCUT2D eigenvalue weighted by atomic mass is 15.4. The lowest BCUT2D eigenvalue weighted by molar-refractivity contribution is 0.794. The minimum Gasteiger partial charge on any atom is -0.350 e.